The van der Waals surface area contributed by atoms with Gasteiger partial charge in [-0.25, -0.2) is 9.18 Å². The van der Waals surface area contributed by atoms with Gasteiger partial charge < -0.3 is 14.8 Å². The van der Waals surface area contributed by atoms with Crippen molar-refractivity contribution in [2.24, 2.45) is 5.92 Å². The van der Waals surface area contributed by atoms with Gasteiger partial charge >= 0.3 is 6.09 Å². The van der Waals surface area contributed by atoms with Crippen LogP contribution in [0.15, 0.2) is 18.2 Å². The van der Waals surface area contributed by atoms with Gasteiger partial charge in [0.25, 0.3) is 0 Å². The summed E-state index contributed by atoms with van der Waals surface area (Å²) in [7, 11) is 0. The third-order valence-electron chi connectivity index (χ3n) is 3.54. The van der Waals surface area contributed by atoms with Crippen LogP contribution >= 0.6 is 0 Å². The second kappa shape index (κ2) is 7.64. The maximum absolute atomic E-state index is 13.5. The zero-order valence-electron chi connectivity index (χ0n) is 13.9. The highest BCUT2D eigenvalue weighted by Gasteiger charge is 2.18. The van der Waals surface area contributed by atoms with Gasteiger partial charge in [-0.2, -0.15) is 0 Å². The molecule has 6 heteroatoms. The van der Waals surface area contributed by atoms with E-state index in [4.69, 9.17) is 9.47 Å². The lowest BCUT2D eigenvalue weighted by atomic mass is 10.0. The van der Waals surface area contributed by atoms with Gasteiger partial charge in [-0.1, -0.05) is 0 Å². The summed E-state index contributed by atoms with van der Waals surface area (Å²) < 4.78 is 24.1. The quantitative estimate of drug-likeness (QED) is 0.878. The molecule has 0 bridgehead atoms. The third-order valence-corrected chi connectivity index (χ3v) is 3.54. The van der Waals surface area contributed by atoms with Crippen LogP contribution in [0.3, 0.4) is 0 Å². The fourth-order valence-electron chi connectivity index (χ4n) is 2.39. The van der Waals surface area contributed by atoms with Crippen molar-refractivity contribution in [3.8, 4) is 0 Å². The van der Waals surface area contributed by atoms with Gasteiger partial charge in [0.1, 0.15) is 11.4 Å². The zero-order valence-corrected chi connectivity index (χ0v) is 13.9. The van der Waals surface area contributed by atoms with Crippen molar-refractivity contribution >= 4 is 17.5 Å². The first kappa shape index (κ1) is 17.5. The van der Waals surface area contributed by atoms with Gasteiger partial charge in [-0.3, -0.25) is 5.32 Å². The monoisotopic (exact) mass is 324 g/mol. The van der Waals surface area contributed by atoms with Gasteiger partial charge in [0, 0.05) is 19.8 Å². The SMILES string of the molecule is CC(C)(C)OC(=O)Nc1ccc(F)cc1NCC1CCOCC1. The summed E-state index contributed by atoms with van der Waals surface area (Å²) in [6.45, 7) is 7.62. The van der Waals surface area contributed by atoms with Crippen molar-refractivity contribution in [3.05, 3.63) is 24.0 Å². The van der Waals surface area contributed by atoms with Crippen LogP contribution in [0, 0.1) is 11.7 Å². The Morgan fingerprint density at radius 1 is 1.30 bits per heavy atom. The summed E-state index contributed by atoms with van der Waals surface area (Å²) in [5, 5.41) is 5.89. The molecule has 5 nitrogen and oxygen atoms in total. The number of nitrogens with one attached hydrogen (secondary N) is 2. The van der Waals surface area contributed by atoms with Crippen molar-refractivity contribution in [3.63, 3.8) is 0 Å². The van der Waals surface area contributed by atoms with Crippen LogP contribution in [-0.4, -0.2) is 31.5 Å². The number of carbonyl (C=O) groups excluding carboxylic acids is 1. The molecular formula is C17H25FN2O3. The smallest absolute Gasteiger partial charge is 0.412 e. The van der Waals surface area contributed by atoms with E-state index >= 15 is 0 Å². The number of halogens is 1. The Morgan fingerprint density at radius 2 is 2.00 bits per heavy atom. The Balaban J connectivity index is 2.00. The number of benzene rings is 1. The van der Waals surface area contributed by atoms with E-state index in [1.165, 1.54) is 18.2 Å². The maximum atomic E-state index is 13.5. The van der Waals surface area contributed by atoms with Crippen LogP contribution in [0.4, 0.5) is 20.6 Å². The van der Waals surface area contributed by atoms with Crippen LogP contribution in [0.5, 0.6) is 0 Å². The van der Waals surface area contributed by atoms with Crippen molar-refractivity contribution in [2.45, 2.75) is 39.2 Å². The molecule has 2 rings (SSSR count). The van der Waals surface area contributed by atoms with Crippen LogP contribution < -0.4 is 10.6 Å². The molecule has 0 atom stereocenters. The molecule has 1 aromatic carbocycles. The first-order valence-corrected chi connectivity index (χ1v) is 7.95. The lowest BCUT2D eigenvalue weighted by Crippen LogP contribution is -2.28. The van der Waals surface area contributed by atoms with Gasteiger partial charge in [0.05, 0.1) is 11.4 Å². The fourth-order valence-corrected chi connectivity index (χ4v) is 2.39. The average molecular weight is 324 g/mol. The molecule has 1 aliphatic rings. The first-order valence-electron chi connectivity index (χ1n) is 7.95. The van der Waals surface area contributed by atoms with Crippen molar-refractivity contribution in [1.29, 1.82) is 0 Å². The highest BCUT2D eigenvalue weighted by atomic mass is 19.1. The average Bonchev–Trinajstić information content (AvgIpc) is 2.46. The minimum atomic E-state index is -0.584. The number of amides is 1. The summed E-state index contributed by atoms with van der Waals surface area (Å²) in [4.78, 5) is 11.9. The standard InChI is InChI=1S/C17H25FN2O3/c1-17(2,3)23-16(21)20-14-5-4-13(18)10-15(14)19-11-12-6-8-22-9-7-12/h4-5,10,12,19H,6-9,11H2,1-3H3,(H,20,21). The van der Waals surface area contributed by atoms with Gasteiger partial charge in [-0.05, 0) is 57.7 Å². The molecule has 0 saturated carbocycles. The van der Waals surface area contributed by atoms with E-state index in [1.807, 2.05) is 0 Å². The summed E-state index contributed by atoms with van der Waals surface area (Å²) >= 11 is 0. The summed E-state index contributed by atoms with van der Waals surface area (Å²) in [6.07, 6.45) is 1.41. The molecule has 0 spiro atoms. The molecule has 1 aliphatic heterocycles. The van der Waals surface area contributed by atoms with Crippen molar-refractivity contribution in [2.75, 3.05) is 30.4 Å². The van der Waals surface area contributed by atoms with Gasteiger partial charge in [0.2, 0.25) is 0 Å². The van der Waals surface area contributed by atoms with E-state index in [0.29, 0.717) is 17.3 Å². The number of hydrogen-bond acceptors (Lipinski definition) is 4. The molecule has 23 heavy (non-hydrogen) atoms. The number of anilines is 2. The zero-order chi connectivity index (χ0) is 16.9. The summed E-state index contributed by atoms with van der Waals surface area (Å²) in [5.74, 6) is 0.135. The lowest BCUT2D eigenvalue weighted by Gasteiger charge is -2.24. The number of hydrogen-bond donors (Lipinski definition) is 2. The van der Waals surface area contributed by atoms with E-state index < -0.39 is 11.7 Å². The van der Waals surface area contributed by atoms with E-state index in [1.54, 1.807) is 20.8 Å². The molecule has 0 unspecified atom stereocenters. The molecular weight excluding hydrogens is 299 g/mol. The third kappa shape index (κ3) is 6.06. The van der Waals surface area contributed by atoms with Crippen LogP contribution in [0.25, 0.3) is 0 Å². The molecule has 1 heterocycles. The van der Waals surface area contributed by atoms with E-state index in [-0.39, 0.29) is 5.82 Å². The minimum absolute atomic E-state index is 0.353. The molecule has 0 aliphatic carbocycles. The van der Waals surface area contributed by atoms with Crippen LogP contribution in [0.1, 0.15) is 33.6 Å². The molecule has 128 valence electrons. The Labute approximate surface area is 136 Å². The lowest BCUT2D eigenvalue weighted by molar-refractivity contribution is 0.0636. The van der Waals surface area contributed by atoms with Gasteiger partial charge in [0.15, 0.2) is 0 Å². The Morgan fingerprint density at radius 3 is 2.65 bits per heavy atom. The maximum Gasteiger partial charge on any atom is 0.412 e. The number of carbonyl (C=O) groups is 1. The first-order chi connectivity index (χ1) is 10.8. The predicted octanol–water partition coefficient (Wildman–Crippen LogP) is 4.01. The molecule has 0 aromatic heterocycles. The highest BCUT2D eigenvalue weighted by Crippen LogP contribution is 2.25. The van der Waals surface area contributed by atoms with Crippen LogP contribution in [-0.2, 0) is 9.47 Å². The molecule has 2 N–H and O–H groups in total. The highest BCUT2D eigenvalue weighted by molar-refractivity contribution is 5.89. The molecule has 1 aromatic rings. The predicted molar refractivity (Wildman–Crippen MR) is 88.3 cm³/mol. The Hall–Kier alpha value is -1.82. The summed E-state index contributed by atoms with van der Waals surface area (Å²) in [6, 6.07) is 4.23. The largest absolute Gasteiger partial charge is 0.444 e. The van der Waals surface area contributed by atoms with E-state index in [0.717, 1.165) is 32.6 Å². The molecule has 0 radical (unpaired) electrons. The Kier molecular flexibility index (Phi) is 5.82. The molecule has 1 amide bonds. The molecule has 1 fully saturated rings. The van der Waals surface area contributed by atoms with E-state index in [2.05, 4.69) is 10.6 Å². The second-order valence-electron chi connectivity index (χ2n) is 6.75. The fraction of sp³-hybridized carbons (Fsp3) is 0.588. The number of rotatable bonds is 4. The number of ether oxygens (including phenoxy) is 2. The molecule has 1 saturated heterocycles. The van der Waals surface area contributed by atoms with E-state index in [9.17, 15) is 9.18 Å². The van der Waals surface area contributed by atoms with Crippen LogP contribution in [0.2, 0.25) is 0 Å². The van der Waals surface area contributed by atoms with Crippen molar-refractivity contribution in [1.82, 2.24) is 0 Å². The summed E-state index contributed by atoms with van der Waals surface area (Å²) in [5.41, 5.74) is 0.481. The topological polar surface area (TPSA) is 59.6 Å². The van der Waals surface area contributed by atoms with Gasteiger partial charge in [-0.15, -0.1) is 0 Å². The second-order valence-corrected chi connectivity index (χ2v) is 6.75. The van der Waals surface area contributed by atoms with Crippen molar-refractivity contribution < 1.29 is 18.7 Å². The normalized spacial score (nSPS) is 16.0. The minimum Gasteiger partial charge on any atom is -0.444 e. The Bertz CT molecular complexity index is 537.